The van der Waals surface area contributed by atoms with Crippen LogP contribution in [0.5, 0.6) is 0 Å². The third-order valence-corrected chi connectivity index (χ3v) is 9.01. The van der Waals surface area contributed by atoms with Crippen molar-refractivity contribution < 1.29 is 23.5 Å². The van der Waals surface area contributed by atoms with Crippen molar-refractivity contribution >= 4 is 57.0 Å². The number of para-hydroxylation sites is 2. The number of carbonyl (C=O) groups excluding carboxylic acids is 1. The van der Waals surface area contributed by atoms with Gasteiger partial charge in [0.2, 0.25) is 0 Å². The highest BCUT2D eigenvalue weighted by Gasteiger charge is 2.27. The monoisotopic (exact) mass is 757 g/mol. The van der Waals surface area contributed by atoms with Crippen LogP contribution in [0.4, 0.5) is 32.1 Å². The molecule has 2 aromatic carbocycles. The third kappa shape index (κ3) is 7.71. The Morgan fingerprint density at radius 2 is 1.21 bits per heavy atom. The molecule has 0 bridgehead atoms. The number of carbonyl (C=O) groups is 2. The van der Waals surface area contributed by atoms with Crippen LogP contribution < -0.4 is 22.1 Å². The lowest BCUT2D eigenvalue weighted by atomic mass is 10.0. The molecule has 1 amide bonds. The van der Waals surface area contributed by atoms with Gasteiger partial charge in [0.05, 0.1) is 34.6 Å². The van der Waals surface area contributed by atoms with Crippen molar-refractivity contribution in [2.45, 2.75) is 38.8 Å². The Balaban J connectivity index is 0.000000192. The molecule has 16 nitrogen and oxygen atoms in total. The summed E-state index contributed by atoms with van der Waals surface area (Å²) in [5.74, 6) is -1.96. The predicted octanol–water partition coefficient (Wildman–Crippen LogP) is 5.52. The van der Waals surface area contributed by atoms with Crippen LogP contribution in [0.15, 0.2) is 61.2 Å². The van der Waals surface area contributed by atoms with Crippen molar-refractivity contribution in [3.8, 4) is 12.1 Å². The van der Waals surface area contributed by atoms with E-state index < -0.39 is 29.7 Å². The second kappa shape index (κ2) is 16.2. The van der Waals surface area contributed by atoms with Gasteiger partial charge in [0.15, 0.2) is 0 Å². The number of amides is 1. The molecular formula is C38H33F2N13O3. The van der Waals surface area contributed by atoms with Gasteiger partial charge in [0, 0.05) is 23.9 Å². The van der Waals surface area contributed by atoms with E-state index in [0.717, 1.165) is 12.8 Å². The summed E-state index contributed by atoms with van der Waals surface area (Å²) >= 11 is 0. The Bertz CT molecular complexity index is 2590. The molecule has 1 saturated heterocycles. The van der Waals surface area contributed by atoms with E-state index in [-0.39, 0.29) is 62.6 Å². The van der Waals surface area contributed by atoms with Gasteiger partial charge in [-0.25, -0.2) is 43.5 Å². The Labute approximate surface area is 317 Å². The minimum atomic E-state index is -1.20. The maximum atomic E-state index is 14.4. The van der Waals surface area contributed by atoms with Gasteiger partial charge < -0.3 is 32.1 Å². The van der Waals surface area contributed by atoms with E-state index >= 15 is 0 Å². The topological polar surface area (TPSA) is 259 Å². The number of anilines is 4. The van der Waals surface area contributed by atoms with Crippen LogP contribution in [-0.4, -0.2) is 64.9 Å². The minimum absolute atomic E-state index is 0.00632. The highest BCUT2D eigenvalue weighted by atomic mass is 19.1. The number of aromatic carboxylic acids is 1. The third-order valence-electron chi connectivity index (χ3n) is 9.01. The molecular weight excluding hydrogens is 725 g/mol. The lowest BCUT2D eigenvalue weighted by Crippen LogP contribution is -2.30. The summed E-state index contributed by atoms with van der Waals surface area (Å²) in [6, 6.07) is 14.6. The van der Waals surface area contributed by atoms with E-state index in [4.69, 9.17) is 11.5 Å². The first-order chi connectivity index (χ1) is 26.9. The predicted molar refractivity (Wildman–Crippen MR) is 202 cm³/mol. The quantitative estimate of drug-likeness (QED) is 0.128. The van der Waals surface area contributed by atoms with E-state index in [1.807, 2.05) is 12.1 Å². The number of likely N-dealkylation sites (tertiary alicyclic amines) is 1. The molecule has 0 spiro atoms. The van der Waals surface area contributed by atoms with Crippen LogP contribution in [0, 0.1) is 34.3 Å². The molecule has 0 unspecified atom stereocenters. The summed E-state index contributed by atoms with van der Waals surface area (Å²) in [6.45, 7) is 4.76. The smallest absolute Gasteiger partial charge is 0.337 e. The number of rotatable bonds is 8. The second-order valence-corrected chi connectivity index (χ2v) is 12.7. The molecule has 18 heteroatoms. The number of hydrogen-bond donors (Lipinski definition) is 5. The van der Waals surface area contributed by atoms with E-state index in [2.05, 4.69) is 40.5 Å². The van der Waals surface area contributed by atoms with Gasteiger partial charge in [-0.05, 0) is 51.0 Å². The maximum Gasteiger partial charge on any atom is 0.337 e. The Kier molecular flexibility index (Phi) is 11.0. The fourth-order valence-electron chi connectivity index (χ4n) is 6.23. The van der Waals surface area contributed by atoms with Gasteiger partial charge in [-0.1, -0.05) is 24.3 Å². The summed E-state index contributed by atoms with van der Waals surface area (Å²) in [4.78, 5) is 50.9. The molecule has 5 heterocycles. The number of hydrogen-bond acceptors (Lipinski definition) is 14. The van der Waals surface area contributed by atoms with Crippen molar-refractivity contribution in [2.75, 3.05) is 35.2 Å². The number of benzene rings is 2. The normalized spacial score (nSPS) is 13.2. The first kappa shape index (κ1) is 38.1. The molecule has 6 aromatic rings. The Morgan fingerprint density at radius 1 is 0.768 bits per heavy atom. The zero-order valence-corrected chi connectivity index (χ0v) is 30.0. The van der Waals surface area contributed by atoms with Crippen molar-refractivity contribution in [1.82, 2.24) is 34.8 Å². The number of nitrogen functional groups attached to an aromatic ring is 2. The van der Waals surface area contributed by atoms with Crippen molar-refractivity contribution in [3.63, 3.8) is 0 Å². The SMILES string of the molecule is C[C@H](Nc1ncnc(N)c1C#N)c1nc2c(F)cccc2cc1C(=O)N1CCCC1.C[C@H](Nc1ncnc(N)c1C#N)c1nc2c(F)cccc2cc1C(=O)O. The molecule has 1 fully saturated rings. The van der Waals surface area contributed by atoms with Crippen LogP contribution in [0.2, 0.25) is 0 Å². The molecule has 1 aliphatic heterocycles. The summed E-state index contributed by atoms with van der Waals surface area (Å²) in [5.41, 5.74) is 12.6. The van der Waals surface area contributed by atoms with E-state index in [9.17, 15) is 34.0 Å². The highest BCUT2D eigenvalue weighted by Crippen LogP contribution is 2.30. The van der Waals surface area contributed by atoms with Crippen LogP contribution in [0.3, 0.4) is 0 Å². The summed E-state index contributed by atoms with van der Waals surface area (Å²) in [7, 11) is 0. The first-order valence-corrected chi connectivity index (χ1v) is 17.2. The average molecular weight is 758 g/mol. The number of nitriles is 2. The lowest BCUT2D eigenvalue weighted by molar-refractivity contribution is 0.0694. The Hall–Kier alpha value is -7.60. The molecule has 56 heavy (non-hydrogen) atoms. The number of carboxylic acid groups (broad SMARTS) is 1. The number of fused-ring (bicyclic) bond motifs is 2. The summed E-state index contributed by atoms with van der Waals surface area (Å²) in [5, 5.41) is 35.0. The molecule has 7 N–H and O–H groups in total. The fraction of sp³-hybridized carbons (Fsp3) is 0.211. The lowest BCUT2D eigenvalue weighted by Gasteiger charge is -2.22. The molecule has 4 aromatic heterocycles. The van der Waals surface area contributed by atoms with Gasteiger partial charge >= 0.3 is 5.97 Å². The van der Waals surface area contributed by atoms with Crippen molar-refractivity contribution in [1.29, 1.82) is 10.5 Å². The van der Waals surface area contributed by atoms with Crippen molar-refractivity contribution in [2.24, 2.45) is 0 Å². The Morgan fingerprint density at radius 3 is 1.66 bits per heavy atom. The summed E-state index contributed by atoms with van der Waals surface area (Å²) < 4.78 is 28.5. The number of halogens is 2. The zero-order chi connectivity index (χ0) is 40.1. The second-order valence-electron chi connectivity index (χ2n) is 12.7. The van der Waals surface area contributed by atoms with Crippen LogP contribution in [0.1, 0.15) is 82.0 Å². The van der Waals surface area contributed by atoms with Gasteiger partial charge in [-0.15, -0.1) is 0 Å². The maximum absolute atomic E-state index is 14.4. The van der Waals surface area contributed by atoms with Gasteiger partial charge in [0.1, 0.15) is 81.9 Å². The van der Waals surface area contributed by atoms with Gasteiger partial charge in [-0.3, -0.25) is 4.79 Å². The first-order valence-electron chi connectivity index (χ1n) is 17.2. The fourth-order valence-corrected chi connectivity index (χ4v) is 6.23. The van der Waals surface area contributed by atoms with Gasteiger partial charge in [0.25, 0.3) is 5.91 Å². The van der Waals surface area contributed by atoms with E-state index in [0.29, 0.717) is 35.1 Å². The molecule has 2 atom stereocenters. The number of nitrogens with zero attached hydrogens (tertiary/aromatic N) is 9. The highest BCUT2D eigenvalue weighted by molar-refractivity contribution is 5.99. The molecule has 0 aliphatic carbocycles. The van der Waals surface area contributed by atoms with Crippen LogP contribution in [0.25, 0.3) is 21.8 Å². The van der Waals surface area contributed by atoms with Crippen LogP contribution in [-0.2, 0) is 0 Å². The largest absolute Gasteiger partial charge is 0.478 e. The van der Waals surface area contributed by atoms with Crippen LogP contribution >= 0.6 is 0 Å². The number of carboxylic acids is 1. The average Bonchev–Trinajstić information content (AvgIpc) is 3.73. The van der Waals surface area contributed by atoms with E-state index in [1.54, 1.807) is 43.0 Å². The zero-order valence-electron chi connectivity index (χ0n) is 30.0. The van der Waals surface area contributed by atoms with Crippen molar-refractivity contribution in [3.05, 3.63) is 106 Å². The number of aromatic nitrogens is 6. The number of nitrogens with two attached hydrogens (primary N) is 2. The van der Waals surface area contributed by atoms with E-state index in [1.165, 1.54) is 36.9 Å². The van der Waals surface area contributed by atoms with Gasteiger partial charge in [-0.2, -0.15) is 10.5 Å². The minimum Gasteiger partial charge on any atom is -0.478 e. The number of nitrogens with one attached hydrogen (secondary N) is 2. The summed E-state index contributed by atoms with van der Waals surface area (Å²) in [6.07, 6.45) is 4.33. The standard InChI is InChI=1S/C21H20FN7O.C17H13FN6O2/c1-12(27-20-15(10-23)19(24)25-11-26-20)17-14(21(30)29-7-2-3-8-29)9-13-5-4-6-16(22)18(13)28-17;1-8(23-16-11(6-19)15(20)21-7-22-16)13-10(17(25)26)5-9-3-2-4-12(18)14(9)24-13/h4-6,9,11-12H,2-3,7-8H2,1H3,(H3,24,25,26,27);2-5,7-8H,1H3,(H,25,26)(H3,20,21,22,23)/t12-;8-/m00/s1. The molecule has 0 saturated carbocycles. The molecule has 1 aliphatic rings. The molecule has 0 radical (unpaired) electrons. The molecule has 7 rings (SSSR count). The number of pyridine rings is 2. The molecule has 282 valence electrons.